The van der Waals surface area contributed by atoms with Crippen LogP contribution in [0, 0.1) is 0 Å². The van der Waals surface area contributed by atoms with Gasteiger partial charge in [-0.15, -0.1) is 0 Å². The monoisotopic (exact) mass is 214 g/mol. The Morgan fingerprint density at radius 2 is 2.33 bits per heavy atom. The van der Waals surface area contributed by atoms with E-state index in [2.05, 4.69) is 10.1 Å². The summed E-state index contributed by atoms with van der Waals surface area (Å²) in [7, 11) is 1.67. The van der Waals surface area contributed by atoms with Crippen LogP contribution in [0.25, 0.3) is 0 Å². The van der Waals surface area contributed by atoms with E-state index < -0.39 is 6.10 Å². The molecule has 0 saturated carbocycles. The number of hydrogen-bond donors (Lipinski definition) is 1. The van der Waals surface area contributed by atoms with E-state index in [4.69, 9.17) is 9.26 Å². The highest BCUT2D eigenvalue weighted by Crippen LogP contribution is 2.05. The van der Waals surface area contributed by atoms with Crippen LogP contribution >= 0.6 is 0 Å². The second-order valence-electron chi connectivity index (χ2n) is 3.47. The second-order valence-corrected chi connectivity index (χ2v) is 3.47. The SMILES string of the molecule is CCC(O)Cc1nc(CCCOC)no1. The smallest absolute Gasteiger partial charge is 0.229 e. The molecule has 0 saturated heterocycles. The maximum Gasteiger partial charge on any atom is 0.229 e. The van der Waals surface area contributed by atoms with Crippen LogP contribution in [0.3, 0.4) is 0 Å². The predicted molar refractivity (Wildman–Crippen MR) is 54.5 cm³/mol. The summed E-state index contributed by atoms with van der Waals surface area (Å²) < 4.78 is 9.93. The van der Waals surface area contributed by atoms with Gasteiger partial charge in [0.1, 0.15) is 0 Å². The summed E-state index contributed by atoms with van der Waals surface area (Å²) in [6, 6.07) is 0. The van der Waals surface area contributed by atoms with E-state index in [1.54, 1.807) is 7.11 Å². The second kappa shape index (κ2) is 6.53. The summed E-state index contributed by atoms with van der Waals surface area (Å²) in [6.45, 7) is 2.61. The average Bonchev–Trinajstić information content (AvgIpc) is 2.66. The lowest BCUT2D eigenvalue weighted by Gasteiger charge is -2.01. The van der Waals surface area contributed by atoms with Crippen LogP contribution in [-0.4, -0.2) is 35.1 Å². The zero-order chi connectivity index (χ0) is 11.1. The van der Waals surface area contributed by atoms with E-state index >= 15 is 0 Å². The van der Waals surface area contributed by atoms with Crippen molar-refractivity contribution in [2.45, 2.75) is 38.7 Å². The van der Waals surface area contributed by atoms with E-state index in [-0.39, 0.29) is 0 Å². The summed E-state index contributed by atoms with van der Waals surface area (Å²) in [5, 5.41) is 13.2. The molecule has 0 aliphatic rings. The summed E-state index contributed by atoms with van der Waals surface area (Å²) in [6.07, 6.45) is 2.37. The van der Waals surface area contributed by atoms with Gasteiger partial charge in [-0.25, -0.2) is 0 Å². The van der Waals surface area contributed by atoms with Gasteiger partial charge < -0.3 is 14.4 Å². The maximum atomic E-state index is 9.39. The third-order valence-electron chi connectivity index (χ3n) is 2.14. The largest absolute Gasteiger partial charge is 0.393 e. The third-order valence-corrected chi connectivity index (χ3v) is 2.14. The lowest BCUT2D eigenvalue weighted by Crippen LogP contribution is -2.08. The van der Waals surface area contributed by atoms with Gasteiger partial charge in [-0.3, -0.25) is 0 Å². The van der Waals surface area contributed by atoms with Crippen LogP contribution in [0.4, 0.5) is 0 Å². The number of methoxy groups -OCH3 is 1. The number of nitrogens with zero attached hydrogens (tertiary/aromatic N) is 2. The molecular weight excluding hydrogens is 196 g/mol. The number of rotatable bonds is 7. The molecular formula is C10H18N2O3. The van der Waals surface area contributed by atoms with Gasteiger partial charge in [0.2, 0.25) is 5.89 Å². The molecule has 0 aromatic carbocycles. The number of aliphatic hydroxyl groups is 1. The van der Waals surface area contributed by atoms with Crippen molar-refractivity contribution in [2.24, 2.45) is 0 Å². The highest BCUT2D eigenvalue weighted by atomic mass is 16.5. The first-order valence-electron chi connectivity index (χ1n) is 5.24. The molecule has 0 amide bonds. The van der Waals surface area contributed by atoms with E-state index in [0.29, 0.717) is 31.2 Å². The fourth-order valence-corrected chi connectivity index (χ4v) is 1.20. The normalized spacial score (nSPS) is 13.0. The van der Waals surface area contributed by atoms with Crippen molar-refractivity contribution in [3.63, 3.8) is 0 Å². The first kappa shape index (κ1) is 12.1. The molecule has 1 aromatic heterocycles. The van der Waals surface area contributed by atoms with Crippen molar-refractivity contribution in [1.29, 1.82) is 0 Å². The number of aryl methyl sites for hydroxylation is 1. The summed E-state index contributed by atoms with van der Waals surface area (Å²) in [4.78, 5) is 4.18. The molecule has 0 aliphatic carbocycles. The third kappa shape index (κ3) is 4.40. The number of hydrogen-bond acceptors (Lipinski definition) is 5. The highest BCUT2D eigenvalue weighted by Gasteiger charge is 2.10. The average molecular weight is 214 g/mol. The number of aliphatic hydroxyl groups excluding tert-OH is 1. The maximum absolute atomic E-state index is 9.39. The van der Waals surface area contributed by atoms with Gasteiger partial charge in [-0.2, -0.15) is 4.98 Å². The topological polar surface area (TPSA) is 68.4 Å². The molecule has 0 radical (unpaired) electrons. The molecule has 0 bridgehead atoms. The van der Waals surface area contributed by atoms with Gasteiger partial charge in [0.15, 0.2) is 5.82 Å². The predicted octanol–water partition coefficient (Wildman–Crippen LogP) is 0.962. The Kier molecular flexibility index (Phi) is 5.28. The molecule has 5 heteroatoms. The van der Waals surface area contributed by atoms with Crippen molar-refractivity contribution in [2.75, 3.05) is 13.7 Å². The Hall–Kier alpha value is -0.940. The van der Waals surface area contributed by atoms with E-state index in [1.807, 2.05) is 6.92 Å². The van der Waals surface area contributed by atoms with Gasteiger partial charge in [-0.1, -0.05) is 12.1 Å². The van der Waals surface area contributed by atoms with Crippen molar-refractivity contribution in [1.82, 2.24) is 10.1 Å². The molecule has 1 heterocycles. The Balaban J connectivity index is 2.35. The molecule has 1 unspecified atom stereocenters. The fourth-order valence-electron chi connectivity index (χ4n) is 1.20. The molecule has 0 fully saturated rings. The van der Waals surface area contributed by atoms with Crippen LogP contribution in [0.5, 0.6) is 0 Å². The van der Waals surface area contributed by atoms with Crippen LogP contribution in [-0.2, 0) is 17.6 Å². The molecule has 1 atom stereocenters. The van der Waals surface area contributed by atoms with Gasteiger partial charge in [0, 0.05) is 20.1 Å². The minimum Gasteiger partial charge on any atom is -0.393 e. The minimum atomic E-state index is -0.391. The fraction of sp³-hybridized carbons (Fsp3) is 0.800. The highest BCUT2D eigenvalue weighted by molar-refractivity contribution is 4.88. The summed E-state index contributed by atoms with van der Waals surface area (Å²) in [5.74, 6) is 1.20. The van der Waals surface area contributed by atoms with Crippen molar-refractivity contribution < 1.29 is 14.4 Å². The molecule has 0 spiro atoms. The Bertz CT molecular complexity index is 275. The molecule has 15 heavy (non-hydrogen) atoms. The standard InChI is InChI=1S/C10H18N2O3/c1-3-8(13)7-10-11-9(12-15-10)5-4-6-14-2/h8,13H,3-7H2,1-2H3. The summed E-state index contributed by atoms with van der Waals surface area (Å²) >= 11 is 0. The van der Waals surface area contributed by atoms with E-state index in [0.717, 1.165) is 12.8 Å². The molecule has 1 aromatic rings. The minimum absolute atomic E-state index is 0.391. The van der Waals surface area contributed by atoms with Gasteiger partial charge in [-0.05, 0) is 12.8 Å². The van der Waals surface area contributed by atoms with Crippen LogP contribution in [0.2, 0.25) is 0 Å². The van der Waals surface area contributed by atoms with E-state index in [9.17, 15) is 5.11 Å². The van der Waals surface area contributed by atoms with Crippen molar-refractivity contribution >= 4 is 0 Å². The van der Waals surface area contributed by atoms with E-state index in [1.165, 1.54) is 0 Å². The zero-order valence-corrected chi connectivity index (χ0v) is 9.27. The van der Waals surface area contributed by atoms with Crippen LogP contribution in [0.1, 0.15) is 31.5 Å². The molecule has 1 rings (SSSR count). The molecule has 86 valence electrons. The lowest BCUT2D eigenvalue weighted by atomic mass is 10.2. The Labute approximate surface area is 89.4 Å². The van der Waals surface area contributed by atoms with Gasteiger partial charge in [0.25, 0.3) is 0 Å². The molecule has 1 N–H and O–H groups in total. The Morgan fingerprint density at radius 1 is 1.53 bits per heavy atom. The van der Waals surface area contributed by atoms with Gasteiger partial charge >= 0.3 is 0 Å². The molecule has 0 aliphatic heterocycles. The summed E-state index contributed by atoms with van der Waals surface area (Å²) in [5.41, 5.74) is 0. The quantitative estimate of drug-likeness (QED) is 0.685. The van der Waals surface area contributed by atoms with Crippen LogP contribution in [0.15, 0.2) is 4.52 Å². The first-order valence-corrected chi connectivity index (χ1v) is 5.24. The number of aromatic nitrogens is 2. The van der Waals surface area contributed by atoms with Crippen molar-refractivity contribution in [3.8, 4) is 0 Å². The first-order chi connectivity index (χ1) is 7.26. The Morgan fingerprint density at radius 3 is 3.00 bits per heavy atom. The van der Waals surface area contributed by atoms with Crippen molar-refractivity contribution in [3.05, 3.63) is 11.7 Å². The lowest BCUT2D eigenvalue weighted by molar-refractivity contribution is 0.158. The zero-order valence-electron chi connectivity index (χ0n) is 9.27. The number of ether oxygens (including phenoxy) is 1. The van der Waals surface area contributed by atoms with Gasteiger partial charge in [0.05, 0.1) is 12.5 Å². The molecule has 5 nitrogen and oxygen atoms in total. The van der Waals surface area contributed by atoms with Crippen LogP contribution < -0.4 is 0 Å².